The number of hydrogen-bond donors (Lipinski definition) is 6. The number of nitrogens with two attached hydrogens (primary N) is 2. The molecule has 0 radical (unpaired) electrons. The molecule has 2 amide bonds. The highest BCUT2D eigenvalue weighted by Crippen LogP contribution is 2.28. The van der Waals surface area contributed by atoms with Gasteiger partial charge in [0.25, 0.3) is 0 Å². The lowest BCUT2D eigenvalue weighted by molar-refractivity contribution is 0.243. The summed E-state index contributed by atoms with van der Waals surface area (Å²) >= 11 is 0. The normalized spacial score (nSPS) is 22.7. The van der Waals surface area contributed by atoms with E-state index in [1.165, 1.54) is 5.70 Å². The van der Waals surface area contributed by atoms with Crippen molar-refractivity contribution in [2.24, 2.45) is 22.4 Å². The van der Waals surface area contributed by atoms with E-state index in [-0.39, 0.29) is 18.2 Å². The number of benzene rings is 1. The number of carbonyl (C=O) groups excluding carboxylic acids is 1. The molecule has 2 unspecified atom stereocenters. The molecular weight excluding hydrogens is 380 g/mol. The van der Waals surface area contributed by atoms with Gasteiger partial charge >= 0.3 is 6.03 Å². The summed E-state index contributed by atoms with van der Waals surface area (Å²) in [5.74, 6) is 0.623. The van der Waals surface area contributed by atoms with Crippen molar-refractivity contribution in [1.29, 1.82) is 0 Å². The zero-order valence-electron chi connectivity index (χ0n) is 17.0. The number of rotatable bonds is 8. The van der Waals surface area contributed by atoms with Crippen LogP contribution in [-0.4, -0.2) is 44.3 Å². The lowest BCUT2D eigenvalue weighted by atomic mass is 10.1. The van der Waals surface area contributed by atoms with E-state index < -0.39 is 0 Å². The summed E-state index contributed by atoms with van der Waals surface area (Å²) in [6, 6.07) is 7.90. The molecule has 1 aromatic rings. The molecule has 1 fully saturated rings. The first kappa shape index (κ1) is 20.2. The Kier molecular flexibility index (Phi) is 6.20. The first-order valence-electron chi connectivity index (χ1n) is 10.5. The van der Waals surface area contributed by atoms with Gasteiger partial charge in [-0.1, -0.05) is 12.1 Å². The van der Waals surface area contributed by atoms with Gasteiger partial charge in [-0.3, -0.25) is 9.89 Å². The highest BCUT2D eigenvalue weighted by atomic mass is 16.2. The Labute approximate surface area is 176 Å². The van der Waals surface area contributed by atoms with Crippen LogP contribution in [0.2, 0.25) is 0 Å². The van der Waals surface area contributed by atoms with Crippen molar-refractivity contribution in [1.82, 2.24) is 21.3 Å². The van der Waals surface area contributed by atoms with Crippen LogP contribution in [0.25, 0.3) is 0 Å². The molecule has 0 saturated carbocycles. The summed E-state index contributed by atoms with van der Waals surface area (Å²) < 4.78 is 0. The van der Waals surface area contributed by atoms with Crippen molar-refractivity contribution in [2.75, 3.05) is 31.1 Å². The first-order valence-corrected chi connectivity index (χ1v) is 10.5. The average Bonchev–Trinajstić information content (AvgIpc) is 3.39. The smallest absolute Gasteiger partial charge is 0.327 e. The molecule has 9 nitrogen and oxygen atoms in total. The van der Waals surface area contributed by atoms with Crippen LogP contribution in [0.4, 0.5) is 10.5 Å². The summed E-state index contributed by atoms with van der Waals surface area (Å²) in [5.41, 5.74) is 14.9. The summed E-state index contributed by atoms with van der Waals surface area (Å²) in [6.07, 6.45) is 5.98. The summed E-state index contributed by atoms with van der Waals surface area (Å²) in [4.78, 5) is 18.3. The van der Waals surface area contributed by atoms with Crippen LogP contribution in [0.5, 0.6) is 0 Å². The number of guanidine groups is 1. The van der Waals surface area contributed by atoms with E-state index in [2.05, 4.69) is 32.3 Å². The second-order valence-corrected chi connectivity index (χ2v) is 7.82. The second kappa shape index (κ2) is 9.19. The Morgan fingerprint density at radius 3 is 2.80 bits per heavy atom. The third kappa shape index (κ3) is 4.74. The lowest BCUT2D eigenvalue weighted by Crippen LogP contribution is -2.52. The third-order valence-electron chi connectivity index (χ3n) is 5.58. The van der Waals surface area contributed by atoms with Gasteiger partial charge in [-0.2, -0.15) is 0 Å². The van der Waals surface area contributed by atoms with E-state index in [1.807, 2.05) is 30.5 Å². The minimum Gasteiger partial charge on any atom is -0.370 e. The molecule has 3 aliphatic rings. The number of amides is 2. The standard InChI is InChI=1S/C21H30N8O/c22-20(23)26-8-1-7-24-11-14-2-4-17(5-3-14)29-13-16-10-18(15-6-9-25-12-15)27-19(16)28-21(29)30/h2-5,10,13,15,19,24-25,27H,1,6-9,11-12H2,(H,28,30)(H4,22,23,26). The van der Waals surface area contributed by atoms with Gasteiger partial charge < -0.3 is 32.7 Å². The second-order valence-electron chi connectivity index (χ2n) is 7.82. The average molecular weight is 411 g/mol. The molecule has 9 heteroatoms. The number of nitrogens with one attached hydrogen (secondary N) is 4. The van der Waals surface area contributed by atoms with Gasteiger partial charge in [-0.25, -0.2) is 4.79 Å². The SMILES string of the molecule is NC(N)=NCCCNCc1ccc(N2C=C3C=C(C4CCNC4)NC3NC2=O)cc1. The van der Waals surface area contributed by atoms with E-state index in [4.69, 9.17) is 11.5 Å². The van der Waals surface area contributed by atoms with Crippen molar-refractivity contribution >= 4 is 17.7 Å². The fraction of sp³-hybridized carbons (Fsp3) is 0.429. The fourth-order valence-electron chi connectivity index (χ4n) is 3.95. The van der Waals surface area contributed by atoms with Gasteiger partial charge in [0.1, 0.15) is 6.17 Å². The highest BCUT2D eigenvalue weighted by molar-refractivity contribution is 5.96. The van der Waals surface area contributed by atoms with Crippen molar-refractivity contribution in [3.63, 3.8) is 0 Å². The first-order chi connectivity index (χ1) is 14.6. The molecule has 1 saturated heterocycles. The molecule has 1 aromatic carbocycles. The van der Waals surface area contributed by atoms with E-state index in [1.54, 1.807) is 4.90 Å². The zero-order valence-corrected chi connectivity index (χ0v) is 17.0. The van der Waals surface area contributed by atoms with Crippen molar-refractivity contribution < 1.29 is 4.79 Å². The molecule has 3 aliphatic heterocycles. The Balaban J connectivity index is 1.34. The molecule has 8 N–H and O–H groups in total. The van der Waals surface area contributed by atoms with Crippen LogP contribution in [0.1, 0.15) is 18.4 Å². The van der Waals surface area contributed by atoms with Crippen LogP contribution < -0.4 is 37.6 Å². The van der Waals surface area contributed by atoms with Gasteiger partial charge in [-0.15, -0.1) is 0 Å². The number of carbonyl (C=O) groups is 1. The third-order valence-corrected chi connectivity index (χ3v) is 5.58. The minimum absolute atomic E-state index is 0.124. The predicted molar refractivity (Wildman–Crippen MR) is 119 cm³/mol. The number of fused-ring (bicyclic) bond motifs is 1. The summed E-state index contributed by atoms with van der Waals surface area (Å²) in [7, 11) is 0. The van der Waals surface area contributed by atoms with Gasteiger partial charge in [0, 0.05) is 43.0 Å². The molecule has 0 aliphatic carbocycles. The predicted octanol–water partition coefficient (Wildman–Crippen LogP) is 0.276. The zero-order chi connectivity index (χ0) is 20.9. The van der Waals surface area contributed by atoms with Gasteiger partial charge in [0.2, 0.25) is 0 Å². The quantitative estimate of drug-likeness (QED) is 0.207. The summed E-state index contributed by atoms with van der Waals surface area (Å²) in [5, 5.41) is 13.3. The van der Waals surface area contributed by atoms with Crippen LogP contribution in [0.3, 0.4) is 0 Å². The van der Waals surface area contributed by atoms with Gasteiger partial charge in [-0.05, 0) is 49.7 Å². The van der Waals surface area contributed by atoms with Gasteiger partial charge in [0.05, 0.1) is 5.69 Å². The molecule has 0 spiro atoms. The van der Waals surface area contributed by atoms with Crippen molar-refractivity contribution in [3.8, 4) is 0 Å². The Morgan fingerprint density at radius 1 is 1.23 bits per heavy atom. The maximum Gasteiger partial charge on any atom is 0.327 e. The van der Waals surface area contributed by atoms with E-state index in [0.717, 1.165) is 55.8 Å². The van der Waals surface area contributed by atoms with E-state index in [9.17, 15) is 4.79 Å². The topological polar surface area (TPSA) is 133 Å². The maximum absolute atomic E-state index is 12.6. The van der Waals surface area contributed by atoms with E-state index in [0.29, 0.717) is 12.5 Å². The van der Waals surface area contributed by atoms with Crippen LogP contribution in [0.15, 0.2) is 52.8 Å². The molecule has 0 aromatic heterocycles. The number of hydrogen-bond acceptors (Lipinski definition) is 5. The molecule has 160 valence electrons. The number of urea groups is 1. The summed E-state index contributed by atoms with van der Waals surface area (Å²) in [6.45, 7) is 4.24. The van der Waals surface area contributed by atoms with Crippen LogP contribution >= 0.6 is 0 Å². The molecule has 4 rings (SSSR count). The molecule has 30 heavy (non-hydrogen) atoms. The highest BCUT2D eigenvalue weighted by Gasteiger charge is 2.33. The van der Waals surface area contributed by atoms with Gasteiger partial charge in [0.15, 0.2) is 5.96 Å². The van der Waals surface area contributed by atoms with Crippen molar-refractivity contribution in [2.45, 2.75) is 25.6 Å². The lowest BCUT2D eigenvalue weighted by Gasteiger charge is -2.29. The molecule has 0 bridgehead atoms. The largest absolute Gasteiger partial charge is 0.370 e. The molecular formula is C21H30N8O. The number of nitrogens with zero attached hydrogens (tertiary/aromatic N) is 2. The monoisotopic (exact) mass is 410 g/mol. The Hall–Kier alpha value is -3.04. The molecule has 2 atom stereocenters. The van der Waals surface area contributed by atoms with Crippen LogP contribution in [-0.2, 0) is 6.54 Å². The number of aliphatic imine (C=N–C) groups is 1. The Bertz CT molecular complexity index is 850. The minimum atomic E-state index is -0.133. The maximum atomic E-state index is 12.6. The number of anilines is 1. The molecule has 3 heterocycles. The fourth-order valence-corrected chi connectivity index (χ4v) is 3.95. The van der Waals surface area contributed by atoms with E-state index >= 15 is 0 Å². The van der Waals surface area contributed by atoms with Crippen LogP contribution in [0, 0.1) is 5.92 Å². The van der Waals surface area contributed by atoms with Crippen molar-refractivity contribution in [3.05, 3.63) is 53.4 Å². The Morgan fingerprint density at radius 2 is 2.07 bits per heavy atom.